The molecule has 0 radical (unpaired) electrons. The molecule has 0 saturated heterocycles. The van der Waals surface area contributed by atoms with Gasteiger partial charge in [0, 0.05) is 59.6 Å². The number of allylic oxidation sites excluding steroid dienone is 2. The summed E-state index contributed by atoms with van der Waals surface area (Å²) >= 11 is 0. The number of hydrogen-bond donors (Lipinski definition) is 1. The number of benzene rings is 1. The van der Waals surface area contributed by atoms with Gasteiger partial charge in [-0.25, -0.2) is 9.59 Å². The van der Waals surface area contributed by atoms with Gasteiger partial charge in [0.2, 0.25) is 0 Å². The molecule has 10 heteroatoms. The SMILES string of the molecule is CC1=C(C(=O)OCCc2ccccn2)C(c2ccccc2[N+](=O)[O-])C(C(=O)OCCc2ccccn2)=C(C)N1. The first-order valence-corrected chi connectivity index (χ1v) is 12.4. The number of nitro benzene ring substituents is 1. The van der Waals surface area contributed by atoms with E-state index in [4.69, 9.17) is 9.47 Å². The molecule has 10 nitrogen and oxygen atoms in total. The fraction of sp³-hybridized carbons (Fsp3) is 0.241. The van der Waals surface area contributed by atoms with Gasteiger partial charge in [-0.3, -0.25) is 20.1 Å². The summed E-state index contributed by atoms with van der Waals surface area (Å²) in [5.74, 6) is -2.45. The average molecular weight is 529 g/mol. The summed E-state index contributed by atoms with van der Waals surface area (Å²) in [7, 11) is 0. The maximum atomic E-state index is 13.4. The first-order valence-electron chi connectivity index (χ1n) is 12.4. The van der Waals surface area contributed by atoms with Crippen LogP contribution in [0.3, 0.4) is 0 Å². The van der Waals surface area contributed by atoms with E-state index in [1.54, 1.807) is 44.4 Å². The third-order valence-corrected chi connectivity index (χ3v) is 6.28. The van der Waals surface area contributed by atoms with Gasteiger partial charge in [0.25, 0.3) is 5.69 Å². The Labute approximate surface area is 225 Å². The molecule has 1 aliphatic heterocycles. The van der Waals surface area contributed by atoms with Gasteiger partial charge in [-0.1, -0.05) is 30.3 Å². The Bertz CT molecular complexity index is 1340. The molecule has 0 aliphatic carbocycles. The Hall–Kier alpha value is -4.86. The Morgan fingerprint density at radius 2 is 1.31 bits per heavy atom. The monoisotopic (exact) mass is 528 g/mol. The van der Waals surface area contributed by atoms with Gasteiger partial charge in [0.15, 0.2) is 0 Å². The van der Waals surface area contributed by atoms with Crippen molar-refractivity contribution in [2.45, 2.75) is 32.6 Å². The van der Waals surface area contributed by atoms with Crippen molar-refractivity contribution in [2.24, 2.45) is 0 Å². The lowest BCUT2D eigenvalue weighted by molar-refractivity contribution is -0.385. The molecule has 1 N–H and O–H groups in total. The molecule has 0 unspecified atom stereocenters. The second kappa shape index (κ2) is 12.6. The molecule has 0 fully saturated rings. The van der Waals surface area contributed by atoms with Crippen LogP contribution in [0.1, 0.15) is 36.7 Å². The van der Waals surface area contributed by atoms with Crippen LogP contribution >= 0.6 is 0 Å². The number of carbonyl (C=O) groups is 2. The van der Waals surface area contributed by atoms with Crippen molar-refractivity contribution in [1.82, 2.24) is 15.3 Å². The minimum absolute atomic E-state index is 0.0444. The van der Waals surface area contributed by atoms with E-state index >= 15 is 0 Å². The van der Waals surface area contributed by atoms with Crippen molar-refractivity contribution in [3.63, 3.8) is 0 Å². The van der Waals surface area contributed by atoms with Gasteiger partial charge in [-0.05, 0) is 38.1 Å². The molecule has 0 amide bonds. The number of nitrogens with one attached hydrogen (secondary N) is 1. The van der Waals surface area contributed by atoms with Crippen LogP contribution in [0.4, 0.5) is 5.69 Å². The molecule has 0 spiro atoms. The van der Waals surface area contributed by atoms with Gasteiger partial charge in [-0.2, -0.15) is 0 Å². The van der Waals surface area contributed by atoms with Crippen molar-refractivity contribution < 1.29 is 24.0 Å². The Morgan fingerprint density at radius 3 is 1.77 bits per heavy atom. The van der Waals surface area contributed by atoms with Gasteiger partial charge < -0.3 is 14.8 Å². The summed E-state index contributed by atoms with van der Waals surface area (Å²) in [5, 5.41) is 15.0. The number of aromatic nitrogens is 2. The van der Waals surface area contributed by atoms with Crippen molar-refractivity contribution >= 4 is 17.6 Å². The highest BCUT2D eigenvalue weighted by atomic mass is 16.6. The van der Waals surface area contributed by atoms with Crippen LogP contribution in [-0.2, 0) is 31.9 Å². The molecule has 39 heavy (non-hydrogen) atoms. The second-order valence-corrected chi connectivity index (χ2v) is 8.87. The van der Waals surface area contributed by atoms with E-state index in [1.165, 1.54) is 18.2 Å². The molecule has 1 aliphatic rings. The van der Waals surface area contributed by atoms with Crippen molar-refractivity contribution in [2.75, 3.05) is 13.2 Å². The Balaban J connectivity index is 1.63. The molecule has 1 aromatic carbocycles. The maximum Gasteiger partial charge on any atom is 0.336 e. The van der Waals surface area contributed by atoms with E-state index in [-0.39, 0.29) is 35.6 Å². The van der Waals surface area contributed by atoms with Gasteiger partial charge in [-0.15, -0.1) is 0 Å². The van der Waals surface area contributed by atoms with Crippen LogP contribution < -0.4 is 5.32 Å². The summed E-state index contributed by atoms with van der Waals surface area (Å²) < 4.78 is 11.2. The summed E-state index contributed by atoms with van der Waals surface area (Å²) in [6, 6.07) is 16.9. The number of hydrogen-bond acceptors (Lipinski definition) is 9. The van der Waals surface area contributed by atoms with Crippen molar-refractivity contribution in [1.29, 1.82) is 0 Å². The van der Waals surface area contributed by atoms with Crippen molar-refractivity contribution in [3.8, 4) is 0 Å². The largest absolute Gasteiger partial charge is 0.462 e. The minimum atomic E-state index is -1.07. The summed E-state index contributed by atoms with van der Waals surface area (Å²) in [6.45, 7) is 3.43. The van der Waals surface area contributed by atoms with E-state index in [2.05, 4.69) is 15.3 Å². The highest BCUT2D eigenvalue weighted by Crippen LogP contribution is 2.42. The zero-order valence-electron chi connectivity index (χ0n) is 21.6. The number of dihydropyridines is 1. The number of pyridine rings is 2. The molecule has 200 valence electrons. The van der Waals surface area contributed by atoms with Crippen LogP contribution in [0.25, 0.3) is 0 Å². The summed E-state index contributed by atoms with van der Waals surface area (Å²) in [5.41, 5.74) is 2.55. The van der Waals surface area contributed by atoms with E-state index in [1.807, 2.05) is 24.3 Å². The van der Waals surface area contributed by atoms with E-state index in [0.29, 0.717) is 24.2 Å². The normalized spacial score (nSPS) is 13.6. The third kappa shape index (κ3) is 6.53. The maximum absolute atomic E-state index is 13.4. The zero-order valence-corrected chi connectivity index (χ0v) is 21.6. The number of ether oxygens (including phenoxy) is 2. The van der Waals surface area contributed by atoms with Crippen LogP contribution in [-0.4, -0.2) is 40.0 Å². The predicted octanol–water partition coefficient (Wildman–Crippen LogP) is 4.19. The number of rotatable bonds is 10. The molecule has 2 aromatic heterocycles. The molecule has 3 aromatic rings. The third-order valence-electron chi connectivity index (χ3n) is 6.28. The lowest BCUT2D eigenvalue weighted by Gasteiger charge is -2.30. The quantitative estimate of drug-likeness (QED) is 0.233. The van der Waals surface area contributed by atoms with Crippen molar-refractivity contribution in [3.05, 3.63) is 123 Å². The minimum Gasteiger partial charge on any atom is -0.462 e. The number of para-hydroxylation sites is 1. The van der Waals surface area contributed by atoms with E-state index < -0.39 is 22.8 Å². The highest BCUT2D eigenvalue weighted by Gasteiger charge is 2.40. The summed E-state index contributed by atoms with van der Waals surface area (Å²) in [4.78, 5) is 46.8. The van der Waals surface area contributed by atoms with Crippen LogP contribution in [0.2, 0.25) is 0 Å². The highest BCUT2D eigenvalue weighted by molar-refractivity contribution is 6.00. The number of nitrogens with zero attached hydrogens (tertiary/aromatic N) is 3. The first kappa shape index (κ1) is 27.2. The van der Waals surface area contributed by atoms with E-state index in [0.717, 1.165) is 11.4 Å². The fourth-order valence-corrected chi connectivity index (χ4v) is 4.49. The molecule has 4 rings (SSSR count). The van der Waals surface area contributed by atoms with Gasteiger partial charge in [0.05, 0.1) is 35.2 Å². The molecule has 0 bridgehead atoms. The predicted molar refractivity (Wildman–Crippen MR) is 142 cm³/mol. The smallest absolute Gasteiger partial charge is 0.336 e. The number of esters is 2. The second-order valence-electron chi connectivity index (χ2n) is 8.87. The lowest BCUT2D eigenvalue weighted by Crippen LogP contribution is -2.33. The zero-order chi connectivity index (χ0) is 27.8. The summed E-state index contributed by atoms with van der Waals surface area (Å²) in [6.07, 6.45) is 4.08. The standard InChI is InChI=1S/C29H28N4O6/c1-19-25(28(34)38-17-13-21-9-5-7-15-30-21)27(23-11-3-4-12-24(23)33(36)37)26(20(2)32-19)29(35)39-18-14-22-10-6-8-16-31-22/h3-12,15-16,27,32H,13-14,17-18H2,1-2H3. The first-order chi connectivity index (χ1) is 18.9. The Morgan fingerprint density at radius 1 is 0.821 bits per heavy atom. The number of nitro groups is 1. The number of carbonyl (C=O) groups excluding carboxylic acids is 2. The Kier molecular flexibility index (Phi) is 8.78. The fourth-order valence-electron chi connectivity index (χ4n) is 4.49. The van der Waals surface area contributed by atoms with Crippen LogP contribution in [0, 0.1) is 10.1 Å². The van der Waals surface area contributed by atoms with Crippen LogP contribution in [0.15, 0.2) is 95.6 Å². The lowest BCUT2D eigenvalue weighted by atomic mass is 9.79. The molecular formula is C29H28N4O6. The topological polar surface area (TPSA) is 134 Å². The van der Waals surface area contributed by atoms with Crippen LogP contribution in [0.5, 0.6) is 0 Å². The molecule has 0 atom stereocenters. The van der Waals surface area contributed by atoms with Gasteiger partial charge >= 0.3 is 11.9 Å². The van der Waals surface area contributed by atoms with E-state index in [9.17, 15) is 19.7 Å². The van der Waals surface area contributed by atoms with Gasteiger partial charge in [0.1, 0.15) is 0 Å². The molecule has 0 saturated carbocycles. The average Bonchev–Trinajstić information content (AvgIpc) is 2.93. The molecular weight excluding hydrogens is 500 g/mol. The molecule has 3 heterocycles.